The van der Waals surface area contributed by atoms with Crippen molar-refractivity contribution in [3.05, 3.63) is 18.2 Å². The highest BCUT2D eigenvalue weighted by Crippen LogP contribution is 2.18. The fraction of sp³-hybridized carbons (Fsp3) is 0.750. The lowest BCUT2D eigenvalue weighted by Gasteiger charge is -2.42. The summed E-state index contributed by atoms with van der Waals surface area (Å²) in [6.45, 7) is 6.51. The number of imidazole rings is 1. The third-order valence-corrected chi connectivity index (χ3v) is 5.00. The number of amides is 1. The summed E-state index contributed by atoms with van der Waals surface area (Å²) in [5, 5.41) is 0. The van der Waals surface area contributed by atoms with E-state index < -0.39 is 0 Å². The average molecular weight is 305 g/mol. The minimum Gasteiger partial charge on any atom is -0.349 e. The van der Waals surface area contributed by atoms with Crippen molar-refractivity contribution >= 4 is 5.91 Å². The highest BCUT2D eigenvalue weighted by atomic mass is 16.2. The standard InChI is InChI=1S/C16H27N5O/c1-19-10-12-20(13-11-19)14-4-8-21(9-5-14)16(22)3-2-15-17-6-7-18-15/h6-7,14H,2-5,8-13H2,1H3,(H,17,18). The van der Waals surface area contributed by atoms with Gasteiger partial charge in [-0.25, -0.2) is 4.98 Å². The number of likely N-dealkylation sites (tertiary alicyclic amines) is 1. The molecule has 0 spiro atoms. The topological polar surface area (TPSA) is 55.5 Å². The number of H-pyrrole nitrogens is 1. The molecule has 0 bridgehead atoms. The molecule has 6 nitrogen and oxygen atoms in total. The Morgan fingerprint density at radius 3 is 2.59 bits per heavy atom. The summed E-state index contributed by atoms with van der Waals surface area (Å²) < 4.78 is 0. The van der Waals surface area contributed by atoms with Crippen molar-refractivity contribution in [1.82, 2.24) is 24.7 Å². The Morgan fingerprint density at radius 1 is 1.23 bits per heavy atom. The Labute approximate surface area is 132 Å². The first kappa shape index (κ1) is 15.5. The third kappa shape index (κ3) is 3.87. The number of nitrogens with one attached hydrogen (secondary N) is 1. The number of aromatic nitrogens is 2. The van der Waals surface area contributed by atoms with Crippen molar-refractivity contribution in [3.8, 4) is 0 Å². The average Bonchev–Trinajstić information content (AvgIpc) is 3.07. The van der Waals surface area contributed by atoms with Crippen LogP contribution in [0.25, 0.3) is 0 Å². The maximum absolute atomic E-state index is 12.3. The maximum atomic E-state index is 12.3. The summed E-state index contributed by atoms with van der Waals surface area (Å²) in [6, 6.07) is 0.669. The Bertz CT molecular complexity index is 459. The van der Waals surface area contributed by atoms with Gasteiger partial charge in [-0.2, -0.15) is 0 Å². The molecule has 22 heavy (non-hydrogen) atoms. The molecule has 2 saturated heterocycles. The van der Waals surface area contributed by atoms with Gasteiger partial charge in [-0.05, 0) is 19.9 Å². The first-order valence-corrected chi connectivity index (χ1v) is 8.41. The molecule has 1 aromatic rings. The predicted octanol–water partition coefficient (Wildman–Crippen LogP) is 0.581. The van der Waals surface area contributed by atoms with Crippen molar-refractivity contribution in [2.75, 3.05) is 46.3 Å². The number of aryl methyl sites for hydroxylation is 1. The van der Waals surface area contributed by atoms with Gasteiger partial charge in [0.1, 0.15) is 5.82 Å². The molecule has 2 aliphatic rings. The van der Waals surface area contributed by atoms with Crippen molar-refractivity contribution in [2.45, 2.75) is 31.7 Å². The van der Waals surface area contributed by atoms with Crippen molar-refractivity contribution in [1.29, 1.82) is 0 Å². The minimum absolute atomic E-state index is 0.272. The van der Waals surface area contributed by atoms with Crippen LogP contribution in [0.3, 0.4) is 0 Å². The first-order valence-electron chi connectivity index (χ1n) is 8.41. The summed E-state index contributed by atoms with van der Waals surface area (Å²) in [5.41, 5.74) is 0. The second kappa shape index (κ2) is 7.24. The van der Waals surface area contributed by atoms with Gasteiger partial charge in [0, 0.05) is 70.5 Å². The molecule has 3 heterocycles. The van der Waals surface area contributed by atoms with Crippen LogP contribution in [0.15, 0.2) is 12.4 Å². The van der Waals surface area contributed by atoms with Crippen LogP contribution in [0.4, 0.5) is 0 Å². The van der Waals surface area contributed by atoms with Gasteiger partial charge in [-0.3, -0.25) is 9.69 Å². The number of piperazine rings is 1. The van der Waals surface area contributed by atoms with Gasteiger partial charge in [-0.1, -0.05) is 0 Å². The molecule has 0 saturated carbocycles. The van der Waals surface area contributed by atoms with E-state index >= 15 is 0 Å². The van der Waals surface area contributed by atoms with Gasteiger partial charge in [0.2, 0.25) is 5.91 Å². The summed E-state index contributed by atoms with van der Waals surface area (Å²) in [5.74, 6) is 1.17. The van der Waals surface area contributed by atoms with Crippen LogP contribution in [-0.2, 0) is 11.2 Å². The van der Waals surface area contributed by atoms with Crippen molar-refractivity contribution in [2.24, 2.45) is 0 Å². The van der Waals surface area contributed by atoms with Crippen LogP contribution in [0.2, 0.25) is 0 Å². The molecule has 0 radical (unpaired) electrons. The molecule has 6 heteroatoms. The molecular weight excluding hydrogens is 278 g/mol. The van der Waals surface area contributed by atoms with Crippen molar-refractivity contribution < 1.29 is 4.79 Å². The number of likely N-dealkylation sites (N-methyl/N-ethyl adjacent to an activating group) is 1. The summed E-state index contributed by atoms with van der Waals surface area (Å²) in [4.78, 5) is 26.6. The zero-order chi connectivity index (χ0) is 15.4. The fourth-order valence-corrected chi connectivity index (χ4v) is 3.49. The van der Waals surface area contributed by atoms with Gasteiger partial charge < -0.3 is 14.8 Å². The van der Waals surface area contributed by atoms with Gasteiger partial charge in [-0.15, -0.1) is 0 Å². The van der Waals surface area contributed by atoms with Gasteiger partial charge in [0.25, 0.3) is 0 Å². The number of nitrogens with zero attached hydrogens (tertiary/aromatic N) is 4. The molecular formula is C16H27N5O. The van der Waals surface area contributed by atoms with Crippen LogP contribution in [0.5, 0.6) is 0 Å². The van der Waals surface area contributed by atoms with E-state index in [9.17, 15) is 4.79 Å². The van der Waals surface area contributed by atoms with E-state index in [1.165, 1.54) is 26.2 Å². The Morgan fingerprint density at radius 2 is 1.95 bits per heavy atom. The highest BCUT2D eigenvalue weighted by molar-refractivity contribution is 5.76. The molecule has 2 aliphatic heterocycles. The van der Waals surface area contributed by atoms with E-state index in [4.69, 9.17) is 0 Å². The van der Waals surface area contributed by atoms with E-state index in [-0.39, 0.29) is 5.91 Å². The minimum atomic E-state index is 0.272. The number of hydrogen-bond acceptors (Lipinski definition) is 4. The van der Waals surface area contributed by atoms with E-state index in [0.717, 1.165) is 31.8 Å². The monoisotopic (exact) mass is 305 g/mol. The molecule has 122 valence electrons. The lowest BCUT2D eigenvalue weighted by atomic mass is 10.0. The quantitative estimate of drug-likeness (QED) is 0.884. The molecule has 1 N–H and O–H groups in total. The summed E-state index contributed by atoms with van der Waals surface area (Å²) in [7, 11) is 2.19. The van der Waals surface area contributed by atoms with Gasteiger partial charge in [0.05, 0.1) is 0 Å². The molecule has 0 aromatic carbocycles. The normalized spacial score (nSPS) is 22.1. The van der Waals surface area contributed by atoms with Crippen LogP contribution < -0.4 is 0 Å². The second-order valence-corrected chi connectivity index (χ2v) is 6.49. The predicted molar refractivity (Wildman–Crippen MR) is 85.6 cm³/mol. The van der Waals surface area contributed by atoms with Gasteiger partial charge >= 0.3 is 0 Å². The van der Waals surface area contributed by atoms with E-state index in [2.05, 4.69) is 26.8 Å². The lowest BCUT2D eigenvalue weighted by molar-refractivity contribution is -0.132. The second-order valence-electron chi connectivity index (χ2n) is 6.49. The zero-order valence-electron chi connectivity index (χ0n) is 13.5. The molecule has 2 fully saturated rings. The van der Waals surface area contributed by atoms with Crippen LogP contribution in [-0.4, -0.2) is 82.9 Å². The molecule has 0 unspecified atom stereocenters. The van der Waals surface area contributed by atoms with E-state index in [1.807, 2.05) is 4.90 Å². The summed E-state index contributed by atoms with van der Waals surface area (Å²) in [6.07, 6.45) is 7.06. The smallest absolute Gasteiger partial charge is 0.223 e. The van der Waals surface area contributed by atoms with Crippen LogP contribution in [0, 0.1) is 0 Å². The first-order chi connectivity index (χ1) is 10.7. The Balaban J connectivity index is 1.40. The molecule has 1 amide bonds. The molecule has 0 aliphatic carbocycles. The number of carbonyl (C=O) groups is 1. The molecule has 0 atom stereocenters. The molecule has 3 rings (SSSR count). The largest absolute Gasteiger partial charge is 0.349 e. The third-order valence-electron chi connectivity index (χ3n) is 5.00. The number of piperidine rings is 1. The SMILES string of the molecule is CN1CCN(C2CCN(C(=O)CCc3ncc[nH]3)CC2)CC1. The fourth-order valence-electron chi connectivity index (χ4n) is 3.49. The van der Waals surface area contributed by atoms with E-state index in [0.29, 0.717) is 18.9 Å². The van der Waals surface area contributed by atoms with Gasteiger partial charge in [0.15, 0.2) is 0 Å². The number of carbonyl (C=O) groups excluding carboxylic acids is 1. The number of rotatable bonds is 4. The maximum Gasteiger partial charge on any atom is 0.223 e. The lowest BCUT2D eigenvalue weighted by Crippen LogP contribution is -2.53. The highest BCUT2D eigenvalue weighted by Gasteiger charge is 2.28. The summed E-state index contributed by atoms with van der Waals surface area (Å²) >= 11 is 0. The number of hydrogen-bond donors (Lipinski definition) is 1. The Kier molecular flexibility index (Phi) is 5.10. The number of aromatic amines is 1. The van der Waals surface area contributed by atoms with Crippen LogP contribution >= 0.6 is 0 Å². The van der Waals surface area contributed by atoms with Crippen molar-refractivity contribution in [3.63, 3.8) is 0 Å². The zero-order valence-corrected chi connectivity index (χ0v) is 13.5. The van der Waals surface area contributed by atoms with E-state index in [1.54, 1.807) is 12.4 Å². The molecule has 1 aromatic heterocycles. The Hall–Kier alpha value is -1.40. The van der Waals surface area contributed by atoms with Crippen LogP contribution in [0.1, 0.15) is 25.1 Å².